The zero-order chi connectivity index (χ0) is 19.7. The van der Waals surface area contributed by atoms with Crippen molar-refractivity contribution < 1.29 is 9.53 Å². The van der Waals surface area contributed by atoms with E-state index in [1.807, 2.05) is 40.6 Å². The molecule has 9 heteroatoms. The van der Waals surface area contributed by atoms with Crippen LogP contribution >= 0.6 is 11.3 Å². The molecule has 0 radical (unpaired) electrons. The predicted octanol–water partition coefficient (Wildman–Crippen LogP) is 3.02. The van der Waals surface area contributed by atoms with Crippen LogP contribution in [0.5, 0.6) is 5.75 Å². The first-order valence-electron chi connectivity index (χ1n) is 9.02. The Morgan fingerprint density at radius 2 is 2.04 bits per heavy atom. The molecule has 0 spiro atoms. The number of aromatic nitrogens is 2. The Labute approximate surface area is 166 Å². The first-order chi connectivity index (χ1) is 13.5. The van der Waals surface area contributed by atoms with Crippen LogP contribution in [0.4, 0.5) is 22.2 Å². The summed E-state index contributed by atoms with van der Waals surface area (Å²) < 4.78 is 5.14. The molecule has 2 aromatic heterocycles. The van der Waals surface area contributed by atoms with Gasteiger partial charge in [-0.15, -0.1) is 11.3 Å². The molecular formula is C19H22N6O2S. The molecule has 1 aromatic carbocycles. The standard InChI is InChI=1S/C19H22N6O2S/c1-12-11-24(19(26)21-13-3-5-14(27-2)6-4-13)8-9-25(12)16-15-7-10-28-17(15)23-18(20)22-16/h3-7,10,12H,8-9,11H2,1-2H3,(H,21,26)(H2,20,22,23). The molecule has 3 heterocycles. The topological polar surface area (TPSA) is 96.6 Å². The lowest BCUT2D eigenvalue weighted by atomic mass is 10.2. The maximum atomic E-state index is 12.7. The van der Waals surface area contributed by atoms with E-state index < -0.39 is 0 Å². The number of urea groups is 1. The van der Waals surface area contributed by atoms with Gasteiger partial charge in [-0.25, -0.2) is 9.78 Å². The highest BCUT2D eigenvalue weighted by atomic mass is 32.1. The van der Waals surface area contributed by atoms with Gasteiger partial charge >= 0.3 is 6.03 Å². The average molecular weight is 398 g/mol. The molecule has 28 heavy (non-hydrogen) atoms. The Hall–Kier alpha value is -3.07. The maximum Gasteiger partial charge on any atom is 0.321 e. The van der Waals surface area contributed by atoms with Gasteiger partial charge in [0.25, 0.3) is 0 Å². The number of thiophene rings is 1. The summed E-state index contributed by atoms with van der Waals surface area (Å²) in [4.78, 5) is 26.3. The molecule has 0 saturated carbocycles. The third-order valence-corrected chi connectivity index (χ3v) is 5.66. The largest absolute Gasteiger partial charge is 0.497 e. The van der Waals surface area contributed by atoms with Crippen LogP contribution in [-0.4, -0.2) is 53.7 Å². The van der Waals surface area contributed by atoms with Crippen molar-refractivity contribution in [1.29, 1.82) is 0 Å². The number of anilines is 3. The summed E-state index contributed by atoms with van der Waals surface area (Å²) in [7, 11) is 1.61. The third-order valence-electron chi connectivity index (χ3n) is 4.85. The van der Waals surface area contributed by atoms with Gasteiger partial charge in [-0.1, -0.05) is 0 Å². The fraction of sp³-hybridized carbons (Fsp3) is 0.316. The van der Waals surface area contributed by atoms with Gasteiger partial charge < -0.3 is 25.6 Å². The van der Waals surface area contributed by atoms with Crippen LogP contribution in [0.25, 0.3) is 10.2 Å². The first kappa shape index (κ1) is 18.3. The summed E-state index contributed by atoms with van der Waals surface area (Å²) in [6.45, 7) is 3.96. The molecule has 1 fully saturated rings. The number of amides is 2. The van der Waals surface area contributed by atoms with Crippen LogP contribution in [-0.2, 0) is 0 Å². The fourth-order valence-electron chi connectivity index (χ4n) is 3.41. The highest BCUT2D eigenvalue weighted by Crippen LogP contribution is 2.30. The minimum atomic E-state index is -0.112. The lowest BCUT2D eigenvalue weighted by Crippen LogP contribution is -2.55. The average Bonchev–Trinajstić information content (AvgIpc) is 3.16. The maximum absolute atomic E-state index is 12.7. The van der Waals surface area contributed by atoms with Crippen LogP contribution in [0, 0.1) is 0 Å². The van der Waals surface area contributed by atoms with Gasteiger partial charge in [0.2, 0.25) is 5.95 Å². The number of hydrogen-bond donors (Lipinski definition) is 2. The van der Waals surface area contributed by atoms with E-state index in [0.29, 0.717) is 19.6 Å². The van der Waals surface area contributed by atoms with E-state index in [4.69, 9.17) is 10.5 Å². The van der Waals surface area contributed by atoms with Crippen LogP contribution in [0.2, 0.25) is 0 Å². The number of fused-ring (bicyclic) bond motifs is 1. The van der Waals surface area contributed by atoms with Crippen molar-refractivity contribution in [3.8, 4) is 5.75 Å². The number of nitrogen functional groups attached to an aromatic ring is 1. The third kappa shape index (κ3) is 3.53. The van der Waals surface area contributed by atoms with Crippen molar-refractivity contribution in [2.45, 2.75) is 13.0 Å². The van der Waals surface area contributed by atoms with Gasteiger partial charge in [0.05, 0.1) is 12.5 Å². The van der Waals surface area contributed by atoms with E-state index in [-0.39, 0.29) is 18.0 Å². The summed E-state index contributed by atoms with van der Waals surface area (Å²) in [5, 5.41) is 5.94. The number of nitrogens with zero attached hydrogens (tertiary/aromatic N) is 4. The molecule has 2 amide bonds. The van der Waals surface area contributed by atoms with Crippen LogP contribution in [0.3, 0.4) is 0 Å². The number of nitrogens with one attached hydrogen (secondary N) is 1. The number of nitrogens with two attached hydrogens (primary N) is 1. The second-order valence-electron chi connectivity index (χ2n) is 6.69. The predicted molar refractivity (Wildman–Crippen MR) is 112 cm³/mol. The van der Waals surface area contributed by atoms with Crippen LogP contribution in [0.1, 0.15) is 6.92 Å². The van der Waals surface area contributed by atoms with Crippen molar-refractivity contribution in [2.24, 2.45) is 0 Å². The lowest BCUT2D eigenvalue weighted by molar-refractivity contribution is 0.200. The molecule has 1 aliphatic rings. The Balaban J connectivity index is 1.45. The Kier molecular flexibility index (Phi) is 4.91. The van der Waals surface area contributed by atoms with Gasteiger partial charge in [-0.2, -0.15) is 4.98 Å². The summed E-state index contributed by atoms with van der Waals surface area (Å²) in [5.74, 6) is 1.87. The van der Waals surface area contributed by atoms with E-state index in [1.54, 1.807) is 18.4 Å². The van der Waals surface area contributed by atoms with Gasteiger partial charge in [0.1, 0.15) is 16.4 Å². The number of hydrogen-bond acceptors (Lipinski definition) is 7. The van der Waals surface area contributed by atoms with Gasteiger partial charge in [-0.05, 0) is 42.6 Å². The van der Waals surface area contributed by atoms with Crippen molar-refractivity contribution >= 4 is 45.0 Å². The molecule has 8 nitrogen and oxygen atoms in total. The number of ether oxygens (including phenoxy) is 1. The van der Waals surface area contributed by atoms with Gasteiger partial charge in [-0.3, -0.25) is 0 Å². The zero-order valence-electron chi connectivity index (χ0n) is 15.8. The smallest absolute Gasteiger partial charge is 0.321 e. The molecule has 146 valence electrons. The first-order valence-corrected chi connectivity index (χ1v) is 9.90. The molecule has 1 saturated heterocycles. The molecule has 3 N–H and O–H groups in total. The van der Waals surface area contributed by atoms with E-state index >= 15 is 0 Å². The second kappa shape index (κ2) is 7.51. The van der Waals surface area contributed by atoms with E-state index in [0.717, 1.165) is 27.5 Å². The highest BCUT2D eigenvalue weighted by Gasteiger charge is 2.29. The number of rotatable bonds is 3. The summed E-state index contributed by atoms with van der Waals surface area (Å²) >= 11 is 1.55. The Morgan fingerprint density at radius 3 is 2.75 bits per heavy atom. The number of carbonyl (C=O) groups excluding carboxylic acids is 1. The van der Waals surface area contributed by atoms with Crippen molar-refractivity contribution in [2.75, 3.05) is 42.7 Å². The number of methoxy groups -OCH3 is 1. The molecule has 1 atom stereocenters. The zero-order valence-corrected chi connectivity index (χ0v) is 16.6. The van der Waals surface area contributed by atoms with Crippen molar-refractivity contribution in [3.63, 3.8) is 0 Å². The molecule has 1 unspecified atom stereocenters. The molecule has 0 bridgehead atoms. The van der Waals surface area contributed by atoms with Crippen LogP contribution in [0.15, 0.2) is 35.7 Å². The normalized spacial score (nSPS) is 17.0. The summed E-state index contributed by atoms with van der Waals surface area (Å²) in [6.07, 6.45) is 0. The molecule has 4 rings (SSSR count). The monoisotopic (exact) mass is 398 g/mol. The Bertz CT molecular complexity index is 990. The molecule has 1 aliphatic heterocycles. The SMILES string of the molecule is COc1ccc(NC(=O)N2CCN(c3nc(N)nc4sccc34)C(C)C2)cc1. The van der Waals surface area contributed by atoms with Crippen molar-refractivity contribution in [1.82, 2.24) is 14.9 Å². The Morgan fingerprint density at radius 1 is 1.25 bits per heavy atom. The quantitative estimate of drug-likeness (QED) is 0.704. The summed E-state index contributed by atoms with van der Waals surface area (Å²) in [5.41, 5.74) is 6.63. The number of benzene rings is 1. The van der Waals surface area contributed by atoms with Gasteiger partial charge in [0.15, 0.2) is 0 Å². The molecule has 3 aromatic rings. The number of piperazine rings is 1. The summed E-state index contributed by atoms with van der Waals surface area (Å²) in [6, 6.07) is 9.31. The highest BCUT2D eigenvalue weighted by molar-refractivity contribution is 7.16. The van der Waals surface area contributed by atoms with E-state index in [1.165, 1.54) is 0 Å². The second-order valence-corrected chi connectivity index (χ2v) is 7.59. The van der Waals surface area contributed by atoms with Crippen LogP contribution < -0.4 is 20.7 Å². The minimum absolute atomic E-state index is 0.104. The number of carbonyl (C=O) groups is 1. The molecular weight excluding hydrogens is 376 g/mol. The molecule has 0 aliphatic carbocycles. The van der Waals surface area contributed by atoms with Gasteiger partial charge in [0, 0.05) is 31.4 Å². The van der Waals surface area contributed by atoms with E-state index in [9.17, 15) is 4.79 Å². The van der Waals surface area contributed by atoms with E-state index in [2.05, 4.69) is 27.1 Å². The minimum Gasteiger partial charge on any atom is -0.497 e. The van der Waals surface area contributed by atoms with Crippen molar-refractivity contribution in [3.05, 3.63) is 35.7 Å². The lowest BCUT2D eigenvalue weighted by Gasteiger charge is -2.40. The fourth-order valence-corrected chi connectivity index (χ4v) is 4.17.